The summed E-state index contributed by atoms with van der Waals surface area (Å²) in [6, 6.07) is 1.79. The second kappa shape index (κ2) is 10.1. The van der Waals surface area contributed by atoms with E-state index in [1.165, 1.54) is 0 Å². The van der Waals surface area contributed by atoms with Crippen LogP contribution in [0.1, 0.15) is 26.0 Å². The Kier molecular flexibility index (Phi) is 8.90. The van der Waals surface area contributed by atoms with Crippen LogP contribution in [-0.2, 0) is 23.6 Å². The largest absolute Gasteiger partial charge is 0.357 e. The highest BCUT2D eigenvalue weighted by atomic mass is 35.5. The van der Waals surface area contributed by atoms with Crippen molar-refractivity contribution >= 4 is 39.2 Å². The summed E-state index contributed by atoms with van der Waals surface area (Å²) in [5, 5.41) is 7.30. The first kappa shape index (κ1) is 21.1. The second-order valence-corrected chi connectivity index (χ2v) is 7.97. The maximum atomic E-state index is 11.3. The van der Waals surface area contributed by atoms with Gasteiger partial charge in [0, 0.05) is 32.4 Å². The molecule has 1 rings (SSSR count). The standard InChI is InChI=1S/C14H25Cl2N5O2S/c1-4-17-14(18-7-6-8-20-24(22,23)5-2)19-10-11-9-12(15)13(16)21(11)3/h9,20H,4-8,10H2,1-3H3,(H2,17,18,19). The number of aromatic nitrogens is 1. The number of rotatable bonds is 9. The molecule has 0 amide bonds. The van der Waals surface area contributed by atoms with Gasteiger partial charge in [-0.15, -0.1) is 0 Å². The van der Waals surface area contributed by atoms with Gasteiger partial charge in [0.15, 0.2) is 5.96 Å². The molecule has 0 unspecified atom stereocenters. The SMILES string of the molecule is CCNC(=NCc1cc(Cl)c(Cl)n1C)NCCCNS(=O)(=O)CC. The number of sulfonamides is 1. The van der Waals surface area contributed by atoms with Gasteiger partial charge >= 0.3 is 0 Å². The number of hydrogen-bond donors (Lipinski definition) is 3. The summed E-state index contributed by atoms with van der Waals surface area (Å²) in [6.07, 6.45) is 0.658. The van der Waals surface area contributed by atoms with E-state index in [0.29, 0.717) is 42.2 Å². The molecule has 0 saturated carbocycles. The minimum atomic E-state index is -3.13. The molecule has 0 atom stereocenters. The lowest BCUT2D eigenvalue weighted by molar-refractivity contribution is 0.579. The molecule has 0 fully saturated rings. The summed E-state index contributed by atoms with van der Waals surface area (Å²) in [4.78, 5) is 4.48. The van der Waals surface area contributed by atoms with Gasteiger partial charge < -0.3 is 15.2 Å². The number of aliphatic imine (C=N–C) groups is 1. The molecule has 7 nitrogen and oxygen atoms in total. The lowest BCUT2D eigenvalue weighted by Gasteiger charge is -2.11. The molecule has 1 aromatic heterocycles. The summed E-state index contributed by atoms with van der Waals surface area (Å²) in [6.45, 7) is 5.74. The molecule has 24 heavy (non-hydrogen) atoms. The van der Waals surface area contributed by atoms with Crippen LogP contribution in [0.5, 0.6) is 0 Å². The van der Waals surface area contributed by atoms with E-state index in [4.69, 9.17) is 23.2 Å². The van der Waals surface area contributed by atoms with Gasteiger partial charge in [-0.25, -0.2) is 18.1 Å². The number of halogens is 2. The molecular weight excluding hydrogens is 373 g/mol. The molecule has 0 radical (unpaired) electrons. The lowest BCUT2D eigenvalue weighted by atomic mass is 10.4. The molecule has 0 aliphatic carbocycles. The van der Waals surface area contributed by atoms with E-state index in [0.717, 1.165) is 12.2 Å². The molecule has 1 aromatic rings. The quantitative estimate of drug-likeness (QED) is 0.336. The van der Waals surface area contributed by atoms with Crippen LogP contribution < -0.4 is 15.4 Å². The van der Waals surface area contributed by atoms with Gasteiger partial charge in [0.2, 0.25) is 10.0 Å². The van der Waals surface area contributed by atoms with Crippen LogP contribution >= 0.6 is 23.2 Å². The molecule has 0 aromatic carbocycles. The zero-order valence-corrected chi connectivity index (χ0v) is 16.5. The van der Waals surface area contributed by atoms with Crippen molar-refractivity contribution in [2.45, 2.75) is 26.8 Å². The number of guanidine groups is 1. The Hall–Kier alpha value is -0.960. The minimum absolute atomic E-state index is 0.0896. The number of hydrogen-bond acceptors (Lipinski definition) is 3. The van der Waals surface area contributed by atoms with Gasteiger partial charge in [0.25, 0.3) is 0 Å². The van der Waals surface area contributed by atoms with Crippen molar-refractivity contribution in [2.24, 2.45) is 12.0 Å². The van der Waals surface area contributed by atoms with Gasteiger partial charge in [-0.2, -0.15) is 0 Å². The summed E-state index contributed by atoms with van der Waals surface area (Å²) < 4.78 is 27.0. The highest BCUT2D eigenvalue weighted by molar-refractivity contribution is 7.89. The average Bonchev–Trinajstić information content (AvgIpc) is 2.79. The van der Waals surface area contributed by atoms with Crippen molar-refractivity contribution in [3.8, 4) is 0 Å². The van der Waals surface area contributed by atoms with Crippen LogP contribution in [-0.4, -0.2) is 44.3 Å². The third kappa shape index (κ3) is 6.88. The second-order valence-electron chi connectivity index (χ2n) is 5.11. The molecule has 0 bridgehead atoms. The van der Waals surface area contributed by atoms with E-state index in [-0.39, 0.29) is 5.75 Å². The Morgan fingerprint density at radius 1 is 1.25 bits per heavy atom. The molecule has 0 saturated heterocycles. The average molecular weight is 398 g/mol. The molecule has 0 aliphatic rings. The fourth-order valence-corrected chi connectivity index (χ4v) is 2.94. The van der Waals surface area contributed by atoms with E-state index in [9.17, 15) is 8.42 Å². The van der Waals surface area contributed by atoms with Crippen molar-refractivity contribution in [3.05, 3.63) is 21.9 Å². The Morgan fingerprint density at radius 3 is 2.50 bits per heavy atom. The maximum absolute atomic E-state index is 11.3. The monoisotopic (exact) mass is 397 g/mol. The van der Waals surface area contributed by atoms with Crippen LogP contribution in [0.15, 0.2) is 11.1 Å². The molecule has 0 spiro atoms. The Morgan fingerprint density at radius 2 is 1.96 bits per heavy atom. The molecule has 0 aliphatic heterocycles. The van der Waals surface area contributed by atoms with Gasteiger partial charge in [-0.05, 0) is 26.3 Å². The first-order chi connectivity index (χ1) is 11.3. The zero-order chi connectivity index (χ0) is 18.2. The van der Waals surface area contributed by atoms with Gasteiger partial charge in [-0.1, -0.05) is 23.2 Å². The smallest absolute Gasteiger partial charge is 0.211 e. The molecule has 3 N–H and O–H groups in total. The van der Waals surface area contributed by atoms with Gasteiger partial charge in [0.1, 0.15) is 5.15 Å². The van der Waals surface area contributed by atoms with Crippen molar-refractivity contribution in [1.82, 2.24) is 19.9 Å². The van der Waals surface area contributed by atoms with E-state index in [2.05, 4.69) is 20.3 Å². The number of nitrogens with one attached hydrogen (secondary N) is 3. The van der Waals surface area contributed by atoms with Crippen LogP contribution in [0.4, 0.5) is 0 Å². The van der Waals surface area contributed by atoms with Gasteiger partial charge in [0.05, 0.1) is 17.3 Å². The van der Waals surface area contributed by atoms with E-state index >= 15 is 0 Å². The predicted octanol–water partition coefficient (Wildman–Crippen LogP) is 1.72. The van der Waals surface area contributed by atoms with E-state index < -0.39 is 10.0 Å². The Bertz CT molecular complexity index is 658. The van der Waals surface area contributed by atoms with Crippen molar-refractivity contribution in [1.29, 1.82) is 0 Å². The number of nitrogens with zero attached hydrogens (tertiary/aromatic N) is 2. The summed E-state index contributed by atoms with van der Waals surface area (Å²) >= 11 is 12.0. The Labute approximate surface area is 153 Å². The van der Waals surface area contributed by atoms with Crippen molar-refractivity contribution < 1.29 is 8.42 Å². The fraction of sp³-hybridized carbons (Fsp3) is 0.643. The van der Waals surface area contributed by atoms with Crippen molar-refractivity contribution in [3.63, 3.8) is 0 Å². The molecule has 1 heterocycles. The zero-order valence-electron chi connectivity index (χ0n) is 14.2. The highest BCUT2D eigenvalue weighted by Crippen LogP contribution is 2.25. The fourth-order valence-electron chi connectivity index (χ4n) is 1.87. The van der Waals surface area contributed by atoms with Crippen molar-refractivity contribution in [2.75, 3.05) is 25.4 Å². The van der Waals surface area contributed by atoms with E-state index in [1.54, 1.807) is 17.6 Å². The lowest BCUT2D eigenvalue weighted by Crippen LogP contribution is -2.38. The summed E-state index contributed by atoms with van der Waals surface area (Å²) in [5.74, 6) is 0.746. The summed E-state index contributed by atoms with van der Waals surface area (Å²) in [5.41, 5.74) is 0.901. The first-order valence-electron chi connectivity index (χ1n) is 7.79. The summed E-state index contributed by atoms with van der Waals surface area (Å²) in [7, 11) is -1.30. The topological polar surface area (TPSA) is 87.5 Å². The van der Waals surface area contributed by atoms with Crippen LogP contribution in [0.2, 0.25) is 10.2 Å². The molecular formula is C14H25Cl2N5O2S. The van der Waals surface area contributed by atoms with E-state index in [1.807, 2.05) is 14.0 Å². The third-order valence-electron chi connectivity index (χ3n) is 3.31. The maximum Gasteiger partial charge on any atom is 0.211 e. The van der Waals surface area contributed by atoms with Crippen LogP contribution in [0, 0.1) is 0 Å². The minimum Gasteiger partial charge on any atom is -0.357 e. The highest BCUT2D eigenvalue weighted by Gasteiger charge is 2.09. The normalized spacial score (nSPS) is 12.5. The predicted molar refractivity (Wildman–Crippen MR) is 100 cm³/mol. The van der Waals surface area contributed by atoms with Crippen LogP contribution in [0.3, 0.4) is 0 Å². The first-order valence-corrected chi connectivity index (χ1v) is 10.2. The third-order valence-corrected chi connectivity index (χ3v) is 5.55. The van der Waals surface area contributed by atoms with Gasteiger partial charge in [-0.3, -0.25) is 0 Å². The van der Waals surface area contributed by atoms with Crippen LogP contribution in [0.25, 0.3) is 0 Å². The Balaban J connectivity index is 2.49. The molecule has 138 valence electrons. The molecule has 10 heteroatoms.